The maximum atomic E-state index is 12.5. The first-order valence-corrected chi connectivity index (χ1v) is 8.13. The van der Waals surface area contributed by atoms with E-state index in [0.29, 0.717) is 12.2 Å². The Morgan fingerprint density at radius 2 is 2.00 bits per heavy atom. The van der Waals surface area contributed by atoms with Gasteiger partial charge in [0.05, 0.1) is 12.2 Å². The quantitative estimate of drug-likeness (QED) is 0.799. The summed E-state index contributed by atoms with van der Waals surface area (Å²) in [4.78, 5) is 16.7. The van der Waals surface area contributed by atoms with Crippen molar-refractivity contribution >= 4 is 16.7 Å². The molecule has 1 heterocycles. The summed E-state index contributed by atoms with van der Waals surface area (Å²) in [7, 11) is 0. The van der Waals surface area contributed by atoms with Gasteiger partial charge in [-0.1, -0.05) is 24.3 Å². The Kier molecular flexibility index (Phi) is 3.54. The lowest BCUT2D eigenvalue weighted by Gasteiger charge is -2.29. The zero-order valence-corrected chi connectivity index (χ0v) is 12.7. The smallest absolute Gasteiger partial charge is 0.270 e. The third-order valence-corrected chi connectivity index (χ3v) is 5.47. The van der Waals surface area contributed by atoms with E-state index in [-0.39, 0.29) is 23.7 Å². The summed E-state index contributed by atoms with van der Waals surface area (Å²) >= 11 is 0. The molecule has 3 N–H and O–H groups in total. The molecule has 2 aromatic rings. The van der Waals surface area contributed by atoms with Gasteiger partial charge < -0.3 is 15.5 Å². The Morgan fingerprint density at radius 3 is 2.78 bits per heavy atom. The van der Waals surface area contributed by atoms with Gasteiger partial charge in [0.25, 0.3) is 5.91 Å². The fraction of sp³-hybridized carbons (Fsp3) is 0.444. The molecule has 1 aromatic carbocycles. The Morgan fingerprint density at radius 1 is 1.17 bits per heavy atom. The Hall–Kier alpha value is -1.98. The third kappa shape index (κ3) is 2.40. The van der Waals surface area contributed by atoms with Crippen LogP contribution < -0.4 is 5.32 Å². The number of aliphatic hydroxyl groups is 2. The molecule has 2 saturated carbocycles. The molecule has 0 aliphatic heterocycles. The molecule has 1 aromatic heterocycles. The summed E-state index contributed by atoms with van der Waals surface area (Å²) in [5, 5.41) is 24.6. The summed E-state index contributed by atoms with van der Waals surface area (Å²) in [5.41, 5.74) is 0.437. The number of rotatable bonds is 3. The molecule has 0 radical (unpaired) electrons. The van der Waals surface area contributed by atoms with Gasteiger partial charge >= 0.3 is 0 Å². The molecular weight excluding hydrogens is 292 g/mol. The van der Waals surface area contributed by atoms with Crippen molar-refractivity contribution in [2.45, 2.75) is 25.0 Å². The number of hydrogen-bond donors (Lipinski definition) is 3. The van der Waals surface area contributed by atoms with Gasteiger partial charge in [-0.25, -0.2) is 0 Å². The predicted molar refractivity (Wildman–Crippen MR) is 85.8 cm³/mol. The second kappa shape index (κ2) is 5.58. The van der Waals surface area contributed by atoms with E-state index in [1.54, 1.807) is 6.20 Å². The van der Waals surface area contributed by atoms with Crippen LogP contribution in [0.5, 0.6) is 0 Å². The van der Waals surface area contributed by atoms with E-state index in [1.165, 1.54) is 0 Å². The van der Waals surface area contributed by atoms with E-state index >= 15 is 0 Å². The molecular formula is C18H20N2O3. The van der Waals surface area contributed by atoms with Gasteiger partial charge in [-0.2, -0.15) is 0 Å². The van der Waals surface area contributed by atoms with Crippen LogP contribution in [0.25, 0.3) is 10.8 Å². The lowest BCUT2D eigenvalue weighted by Crippen LogP contribution is -2.41. The summed E-state index contributed by atoms with van der Waals surface area (Å²) in [6, 6.07) is 9.58. The fourth-order valence-electron chi connectivity index (χ4n) is 4.27. The number of fused-ring (bicyclic) bond motifs is 3. The lowest BCUT2D eigenvalue weighted by molar-refractivity contribution is -0.0332. The first kappa shape index (κ1) is 14.6. The predicted octanol–water partition coefficient (Wildman–Crippen LogP) is 1.34. The van der Waals surface area contributed by atoms with Crippen LogP contribution in [0.4, 0.5) is 0 Å². The van der Waals surface area contributed by atoms with Gasteiger partial charge in [0.15, 0.2) is 0 Å². The molecule has 5 atom stereocenters. The van der Waals surface area contributed by atoms with Crippen molar-refractivity contribution in [3.8, 4) is 0 Å². The van der Waals surface area contributed by atoms with Crippen molar-refractivity contribution in [1.29, 1.82) is 0 Å². The van der Waals surface area contributed by atoms with Crippen LogP contribution in [0.2, 0.25) is 0 Å². The largest absolute Gasteiger partial charge is 0.390 e. The monoisotopic (exact) mass is 312 g/mol. The molecule has 0 saturated heterocycles. The highest BCUT2D eigenvalue weighted by Crippen LogP contribution is 2.48. The highest BCUT2D eigenvalue weighted by atomic mass is 16.3. The van der Waals surface area contributed by atoms with Gasteiger partial charge in [0.1, 0.15) is 5.69 Å². The maximum absolute atomic E-state index is 12.5. The van der Waals surface area contributed by atoms with Crippen molar-refractivity contribution in [2.24, 2.45) is 17.8 Å². The number of amides is 1. The van der Waals surface area contributed by atoms with Gasteiger partial charge in [-0.3, -0.25) is 9.78 Å². The zero-order valence-electron chi connectivity index (χ0n) is 12.7. The Balaban J connectivity index is 1.47. The first-order chi connectivity index (χ1) is 11.1. The SMILES string of the molecule is O=C(NC[C@H]1C[C@@H]2C[C@H]1[C@@H](O)[C@H]2O)c1nccc2ccccc12. The second-order valence-electron chi connectivity index (χ2n) is 6.73. The highest BCUT2D eigenvalue weighted by molar-refractivity contribution is 6.05. The summed E-state index contributed by atoms with van der Waals surface area (Å²) in [6.07, 6.45) is 2.13. The molecule has 4 rings (SSSR count). The summed E-state index contributed by atoms with van der Waals surface area (Å²) in [6.45, 7) is 0.523. The average molecular weight is 312 g/mol. The first-order valence-electron chi connectivity index (χ1n) is 8.13. The van der Waals surface area contributed by atoms with E-state index in [4.69, 9.17) is 0 Å². The van der Waals surface area contributed by atoms with Crippen LogP contribution >= 0.6 is 0 Å². The minimum Gasteiger partial charge on any atom is -0.390 e. The molecule has 0 spiro atoms. The molecule has 23 heavy (non-hydrogen) atoms. The molecule has 120 valence electrons. The Bertz CT molecular complexity index is 741. The number of benzene rings is 1. The molecule has 2 fully saturated rings. The van der Waals surface area contributed by atoms with Crippen LogP contribution in [0.15, 0.2) is 36.5 Å². The van der Waals surface area contributed by atoms with Crippen LogP contribution in [0, 0.1) is 17.8 Å². The van der Waals surface area contributed by atoms with Crippen LogP contribution in [-0.4, -0.2) is 39.9 Å². The molecule has 0 unspecified atom stereocenters. The Labute approximate surface area is 134 Å². The van der Waals surface area contributed by atoms with E-state index in [1.807, 2.05) is 30.3 Å². The average Bonchev–Trinajstić information content (AvgIpc) is 3.12. The number of hydrogen-bond acceptors (Lipinski definition) is 4. The number of pyridine rings is 1. The van der Waals surface area contributed by atoms with Crippen molar-refractivity contribution in [1.82, 2.24) is 10.3 Å². The van der Waals surface area contributed by atoms with Gasteiger partial charge in [-0.05, 0) is 42.0 Å². The minimum absolute atomic E-state index is 0.0933. The molecule has 5 nitrogen and oxygen atoms in total. The number of nitrogens with one attached hydrogen (secondary N) is 1. The normalized spacial score (nSPS) is 32.3. The number of carbonyl (C=O) groups is 1. The molecule has 1 amide bonds. The van der Waals surface area contributed by atoms with Crippen LogP contribution in [0.1, 0.15) is 23.3 Å². The molecule has 2 aliphatic rings. The van der Waals surface area contributed by atoms with Gasteiger partial charge in [0.2, 0.25) is 0 Å². The van der Waals surface area contributed by atoms with E-state index in [0.717, 1.165) is 23.6 Å². The van der Waals surface area contributed by atoms with Gasteiger partial charge in [-0.15, -0.1) is 0 Å². The highest BCUT2D eigenvalue weighted by Gasteiger charge is 2.51. The van der Waals surface area contributed by atoms with Crippen molar-refractivity contribution in [3.05, 3.63) is 42.2 Å². The van der Waals surface area contributed by atoms with Crippen LogP contribution in [0.3, 0.4) is 0 Å². The molecule has 2 aliphatic carbocycles. The summed E-state index contributed by atoms with van der Waals surface area (Å²) < 4.78 is 0. The summed E-state index contributed by atoms with van der Waals surface area (Å²) in [5.74, 6) is 0.320. The lowest BCUT2D eigenvalue weighted by atomic mass is 9.85. The fourth-order valence-corrected chi connectivity index (χ4v) is 4.27. The molecule has 5 heteroatoms. The van der Waals surface area contributed by atoms with E-state index in [9.17, 15) is 15.0 Å². The van der Waals surface area contributed by atoms with Gasteiger partial charge in [0, 0.05) is 18.1 Å². The number of carbonyl (C=O) groups excluding carboxylic acids is 1. The zero-order chi connectivity index (χ0) is 16.0. The number of aliphatic hydroxyl groups excluding tert-OH is 2. The number of aromatic nitrogens is 1. The minimum atomic E-state index is -0.647. The number of nitrogens with zero attached hydrogens (tertiary/aromatic N) is 1. The standard InChI is InChI=1S/C18H20N2O3/c21-16-11-7-12(14(8-11)17(16)22)9-20-18(23)15-13-4-2-1-3-10(13)5-6-19-15/h1-6,11-12,14,16-17,21-22H,7-9H2,(H,20,23)/t11-,12-,14-,16+,17-/m1/s1. The third-order valence-electron chi connectivity index (χ3n) is 5.47. The molecule has 2 bridgehead atoms. The van der Waals surface area contributed by atoms with Crippen molar-refractivity contribution in [3.63, 3.8) is 0 Å². The topological polar surface area (TPSA) is 82.5 Å². The maximum Gasteiger partial charge on any atom is 0.270 e. The van der Waals surface area contributed by atoms with Crippen LogP contribution in [-0.2, 0) is 0 Å². The second-order valence-corrected chi connectivity index (χ2v) is 6.73. The van der Waals surface area contributed by atoms with Crippen molar-refractivity contribution in [2.75, 3.05) is 6.54 Å². The van der Waals surface area contributed by atoms with E-state index in [2.05, 4.69) is 10.3 Å². The van der Waals surface area contributed by atoms with Crippen molar-refractivity contribution < 1.29 is 15.0 Å². The van der Waals surface area contributed by atoms with E-state index < -0.39 is 12.2 Å².